The molecule has 0 fully saturated rings. The van der Waals surface area contributed by atoms with Crippen LogP contribution in [0.4, 0.5) is 0 Å². The summed E-state index contributed by atoms with van der Waals surface area (Å²) in [7, 11) is 1.72. The van der Waals surface area contributed by atoms with Gasteiger partial charge in [-0.1, -0.05) is 26.0 Å². The largest absolute Gasteiger partial charge is 0.496 e. The van der Waals surface area contributed by atoms with Gasteiger partial charge in [0, 0.05) is 18.3 Å². The molecule has 0 aliphatic carbocycles. The zero-order chi connectivity index (χ0) is 15.2. The SMILES string of the molecule is CCCn1cc(C(NCC)c2ccc(C)c(OC)c2)cn1. The molecule has 0 aliphatic heterocycles. The highest BCUT2D eigenvalue weighted by atomic mass is 16.5. The van der Waals surface area contributed by atoms with Crippen LogP contribution < -0.4 is 10.1 Å². The summed E-state index contributed by atoms with van der Waals surface area (Å²) in [6.45, 7) is 8.20. The second kappa shape index (κ2) is 7.27. The van der Waals surface area contributed by atoms with Crippen LogP contribution >= 0.6 is 0 Å². The number of benzene rings is 1. The molecule has 1 unspecified atom stereocenters. The molecule has 0 saturated carbocycles. The summed E-state index contributed by atoms with van der Waals surface area (Å²) in [6.07, 6.45) is 5.17. The number of nitrogens with zero attached hydrogens (tertiary/aromatic N) is 2. The maximum Gasteiger partial charge on any atom is 0.122 e. The molecule has 0 saturated heterocycles. The van der Waals surface area contributed by atoms with Gasteiger partial charge in [-0.25, -0.2) is 0 Å². The first-order valence-corrected chi connectivity index (χ1v) is 7.59. The van der Waals surface area contributed by atoms with Gasteiger partial charge in [-0.2, -0.15) is 5.10 Å². The molecule has 21 heavy (non-hydrogen) atoms. The molecule has 1 aromatic carbocycles. The van der Waals surface area contributed by atoms with Crippen LogP contribution in [-0.4, -0.2) is 23.4 Å². The van der Waals surface area contributed by atoms with Gasteiger partial charge in [0.2, 0.25) is 0 Å². The fraction of sp³-hybridized carbons (Fsp3) is 0.471. The molecule has 1 aromatic heterocycles. The van der Waals surface area contributed by atoms with E-state index in [1.807, 2.05) is 10.9 Å². The summed E-state index contributed by atoms with van der Waals surface area (Å²) in [4.78, 5) is 0. The summed E-state index contributed by atoms with van der Waals surface area (Å²) >= 11 is 0. The summed E-state index contributed by atoms with van der Waals surface area (Å²) in [5, 5.41) is 7.97. The van der Waals surface area contributed by atoms with Crippen molar-refractivity contribution in [2.45, 2.75) is 39.8 Å². The molecule has 4 nitrogen and oxygen atoms in total. The van der Waals surface area contributed by atoms with Crippen LogP contribution in [0, 0.1) is 6.92 Å². The predicted octanol–water partition coefficient (Wildman–Crippen LogP) is 3.31. The minimum atomic E-state index is 0.148. The number of aromatic nitrogens is 2. The van der Waals surface area contributed by atoms with Crippen molar-refractivity contribution in [3.05, 3.63) is 47.3 Å². The third-order valence-corrected chi connectivity index (χ3v) is 3.61. The van der Waals surface area contributed by atoms with E-state index >= 15 is 0 Å². The molecule has 2 rings (SSSR count). The number of nitrogens with one attached hydrogen (secondary N) is 1. The highest BCUT2D eigenvalue weighted by Crippen LogP contribution is 2.27. The van der Waals surface area contributed by atoms with Crippen LogP contribution in [0.2, 0.25) is 0 Å². The molecule has 0 bridgehead atoms. The molecule has 1 N–H and O–H groups in total. The summed E-state index contributed by atoms with van der Waals surface area (Å²) < 4.78 is 7.45. The number of hydrogen-bond donors (Lipinski definition) is 1. The molecular formula is C17H25N3O. The third kappa shape index (κ3) is 3.64. The molecule has 114 valence electrons. The van der Waals surface area contributed by atoms with E-state index in [-0.39, 0.29) is 6.04 Å². The first-order valence-electron chi connectivity index (χ1n) is 7.59. The van der Waals surface area contributed by atoms with Crippen molar-refractivity contribution < 1.29 is 4.74 Å². The first-order chi connectivity index (χ1) is 10.2. The van der Waals surface area contributed by atoms with Crippen LogP contribution in [0.15, 0.2) is 30.6 Å². The predicted molar refractivity (Wildman–Crippen MR) is 85.8 cm³/mol. The Morgan fingerprint density at radius 1 is 1.29 bits per heavy atom. The number of aryl methyl sites for hydroxylation is 2. The minimum absolute atomic E-state index is 0.148. The topological polar surface area (TPSA) is 39.1 Å². The summed E-state index contributed by atoms with van der Waals surface area (Å²) in [5.41, 5.74) is 3.55. The third-order valence-electron chi connectivity index (χ3n) is 3.61. The fourth-order valence-corrected chi connectivity index (χ4v) is 2.53. The lowest BCUT2D eigenvalue weighted by Crippen LogP contribution is -2.21. The Hall–Kier alpha value is -1.81. The lowest BCUT2D eigenvalue weighted by Gasteiger charge is -2.18. The Kier molecular flexibility index (Phi) is 5.39. The van der Waals surface area contributed by atoms with Crippen molar-refractivity contribution in [3.63, 3.8) is 0 Å². The van der Waals surface area contributed by atoms with Crippen LogP contribution in [0.3, 0.4) is 0 Å². The van der Waals surface area contributed by atoms with E-state index in [1.165, 1.54) is 11.1 Å². The van der Waals surface area contributed by atoms with Gasteiger partial charge in [0.05, 0.1) is 19.3 Å². The fourth-order valence-electron chi connectivity index (χ4n) is 2.53. The molecule has 1 heterocycles. The van der Waals surface area contributed by atoms with Crippen LogP contribution in [0.25, 0.3) is 0 Å². The maximum atomic E-state index is 5.44. The zero-order valence-corrected chi connectivity index (χ0v) is 13.4. The van der Waals surface area contributed by atoms with E-state index < -0.39 is 0 Å². The smallest absolute Gasteiger partial charge is 0.122 e. The van der Waals surface area contributed by atoms with Gasteiger partial charge in [0.1, 0.15) is 5.75 Å². The van der Waals surface area contributed by atoms with Crippen molar-refractivity contribution in [1.29, 1.82) is 0 Å². The Morgan fingerprint density at radius 3 is 2.76 bits per heavy atom. The lowest BCUT2D eigenvalue weighted by atomic mass is 10.00. The maximum absolute atomic E-state index is 5.44. The lowest BCUT2D eigenvalue weighted by molar-refractivity contribution is 0.410. The van der Waals surface area contributed by atoms with Gasteiger partial charge in [0.15, 0.2) is 0 Å². The van der Waals surface area contributed by atoms with Crippen molar-refractivity contribution in [2.75, 3.05) is 13.7 Å². The Labute approximate surface area is 127 Å². The molecule has 0 radical (unpaired) electrons. The van der Waals surface area contributed by atoms with Gasteiger partial charge in [0.25, 0.3) is 0 Å². The minimum Gasteiger partial charge on any atom is -0.496 e. The first kappa shape index (κ1) is 15.6. The molecule has 0 amide bonds. The molecule has 0 aliphatic rings. The van der Waals surface area contributed by atoms with Crippen LogP contribution in [0.1, 0.15) is 43.0 Å². The van der Waals surface area contributed by atoms with E-state index in [9.17, 15) is 0 Å². The summed E-state index contributed by atoms with van der Waals surface area (Å²) in [6, 6.07) is 6.52. The molecular weight excluding hydrogens is 262 g/mol. The average molecular weight is 287 g/mol. The molecule has 4 heteroatoms. The van der Waals surface area contributed by atoms with E-state index in [2.05, 4.69) is 55.6 Å². The Balaban J connectivity index is 2.33. The summed E-state index contributed by atoms with van der Waals surface area (Å²) in [5.74, 6) is 0.927. The van der Waals surface area contributed by atoms with Crippen molar-refractivity contribution in [3.8, 4) is 5.75 Å². The van der Waals surface area contributed by atoms with Gasteiger partial charge in [-0.3, -0.25) is 4.68 Å². The van der Waals surface area contributed by atoms with Gasteiger partial charge < -0.3 is 10.1 Å². The zero-order valence-electron chi connectivity index (χ0n) is 13.4. The Bertz CT molecular complexity index is 577. The van der Waals surface area contributed by atoms with Crippen molar-refractivity contribution in [2.24, 2.45) is 0 Å². The average Bonchev–Trinajstić information content (AvgIpc) is 2.94. The molecule has 2 aromatic rings. The van der Waals surface area contributed by atoms with E-state index in [4.69, 9.17) is 4.74 Å². The van der Waals surface area contributed by atoms with Gasteiger partial charge in [-0.15, -0.1) is 0 Å². The van der Waals surface area contributed by atoms with Crippen LogP contribution in [-0.2, 0) is 6.54 Å². The Morgan fingerprint density at radius 2 is 2.10 bits per heavy atom. The van der Waals surface area contributed by atoms with E-state index in [1.54, 1.807) is 7.11 Å². The standard InChI is InChI=1S/C17H25N3O/c1-5-9-20-12-15(11-19-20)17(18-6-2)14-8-7-13(3)16(10-14)21-4/h7-8,10-12,17-18H,5-6,9H2,1-4H3. The van der Waals surface area contributed by atoms with E-state index in [0.29, 0.717) is 0 Å². The highest BCUT2D eigenvalue weighted by Gasteiger charge is 2.16. The number of methoxy groups -OCH3 is 1. The second-order valence-electron chi connectivity index (χ2n) is 5.26. The monoisotopic (exact) mass is 287 g/mol. The number of hydrogen-bond acceptors (Lipinski definition) is 3. The quantitative estimate of drug-likeness (QED) is 0.849. The number of rotatable bonds is 7. The van der Waals surface area contributed by atoms with Crippen molar-refractivity contribution in [1.82, 2.24) is 15.1 Å². The van der Waals surface area contributed by atoms with Gasteiger partial charge >= 0.3 is 0 Å². The second-order valence-corrected chi connectivity index (χ2v) is 5.26. The normalized spacial score (nSPS) is 12.4. The molecule has 0 spiro atoms. The van der Waals surface area contributed by atoms with Gasteiger partial charge in [-0.05, 0) is 37.1 Å². The van der Waals surface area contributed by atoms with Crippen LogP contribution in [0.5, 0.6) is 5.75 Å². The van der Waals surface area contributed by atoms with Crippen molar-refractivity contribution >= 4 is 0 Å². The molecule has 1 atom stereocenters. The number of ether oxygens (including phenoxy) is 1. The highest BCUT2D eigenvalue weighted by molar-refractivity contribution is 5.40. The van der Waals surface area contributed by atoms with E-state index in [0.717, 1.165) is 30.8 Å².